The average molecular weight is 533 g/mol. The van der Waals surface area contributed by atoms with Gasteiger partial charge in [-0.05, 0) is 36.8 Å². The van der Waals surface area contributed by atoms with Crippen LogP contribution in [-0.4, -0.2) is 29.1 Å². The number of benzene rings is 1. The highest BCUT2D eigenvalue weighted by Crippen LogP contribution is 2.32. The van der Waals surface area contributed by atoms with Gasteiger partial charge in [0.05, 0.1) is 13.2 Å². The molecule has 0 aliphatic carbocycles. The van der Waals surface area contributed by atoms with E-state index in [0.29, 0.717) is 43.0 Å². The molecule has 0 aliphatic heterocycles. The monoisotopic (exact) mass is 533 g/mol. The molecule has 0 saturated carbocycles. The number of nitrogens with two attached hydrogens (primary N) is 1. The third kappa shape index (κ3) is 8.05. The first kappa shape index (κ1) is 24.4. The third-order valence-corrected chi connectivity index (χ3v) is 4.20. The van der Waals surface area contributed by atoms with E-state index in [4.69, 9.17) is 15.2 Å². The van der Waals surface area contributed by atoms with Crippen molar-refractivity contribution in [1.29, 1.82) is 0 Å². The summed E-state index contributed by atoms with van der Waals surface area (Å²) in [7, 11) is 0. The van der Waals surface area contributed by atoms with Gasteiger partial charge in [-0.3, -0.25) is 4.98 Å². The highest BCUT2D eigenvalue weighted by Gasteiger charge is 2.10. The molecule has 0 spiro atoms. The molecule has 2 heterocycles. The number of guanidine groups is 1. The molecule has 2 aromatic heterocycles. The second-order valence-electron chi connectivity index (χ2n) is 6.56. The Hall–Kier alpha value is -2.88. The maximum atomic E-state index is 6.03. The Balaban J connectivity index is 0.00000341. The number of hydrogen-bond acceptors (Lipinski definition) is 5. The van der Waals surface area contributed by atoms with Gasteiger partial charge in [0, 0.05) is 36.6 Å². The lowest BCUT2D eigenvalue weighted by Crippen LogP contribution is -2.33. The normalized spacial score (nSPS) is 10.8. The standard InChI is InChI=1S/C23H27N5O2.HI/c1-2-16-29-20-10-3-4-11-21(20)30-22-18(8-7-14-26-22)17-28-23(24)27-15-12-19-9-5-6-13-25-19;/h3-11,13-14H,2,12,15-17H2,1H3,(H3,24,27,28);1H. The Morgan fingerprint density at radius 3 is 2.55 bits per heavy atom. The molecule has 0 unspecified atom stereocenters. The zero-order valence-corrected chi connectivity index (χ0v) is 19.9. The molecule has 1 aromatic carbocycles. The lowest BCUT2D eigenvalue weighted by Gasteiger charge is -2.13. The summed E-state index contributed by atoms with van der Waals surface area (Å²) in [6, 6.07) is 17.2. The number of pyridine rings is 2. The lowest BCUT2D eigenvalue weighted by atomic mass is 10.2. The van der Waals surface area contributed by atoms with Gasteiger partial charge in [-0.2, -0.15) is 0 Å². The van der Waals surface area contributed by atoms with E-state index in [0.717, 1.165) is 24.1 Å². The summed E-state index contributed by atoms with van der Waals surface area (Å²) >= 11 is 0. The molecule has 3 rings (SSSR count). The van der Waals surface area contributed by atoms with Crippen LogP contribution in [-0.2, 0) is 13.0 Å². The van der Waals surface area contributed by atoms with Crippen molar-refractivity contribution in [1.82, 2.24) is 15.3 Å². The fraction of sp³-hybridized carbons (Fsp3) is 0.261. The first-order chi connectivity index (χ1) is 14.8. The smallest absolute Gasteiger partial charge is 0.224 e. The molecular formula is C23H28IN5O2. The largest absolute Gasteiger partial charge is 0.490 e. The van der Waals surface area contributed by atoms with Crippen molar-refractivity contribution in [2.45, 2.75) is 26.3 Å². The van der Waals surface area contributed by atoms with Crippen LogP contribution in [0.4, 0.5) is 0 Å². The minimum atomic E-state index is 0. The van der Waals surface area contributed by atoms with Gasteiger partial charge in [0.25, 0.3) is 0 Å². The number of rotatable bonds is 10. The van der Waals surface area contributed by atoms with Crippen molar-refractivity contribution in [2.75, 3.05) is 13.2 Å². The predicted molar refractivity (Wildman–Crippen MR) is 133 cm³/mol. The molecule has 0 saturated heterocycles. The number of hydrogen-bond donors (Lipinski definition) is 2. The van der Waals surface area contributed by atoms with Crippen molar-refractivity contribution >= 4 is 29.9 Å². The van der Waals surface area contributed by atoms with Crippen LogP contribution < -0.4 is 20.5 Å². The van der Waals surface area contributed by atoms with E-state index in [2.05, 4.69) is 27.2 Å². The SMILES string of the molecule is CCCOc1ccccc1Oc1ncccc1CN=C(N)NCCc1ccccn1.I. The number of ether oxygens (including phenoxy) is 2. The quantitative estimate of drug-likeness (QED) is 0.229. The molecule has 31 heavy (non-hydrogen) atoms. The summed E-state index contributed by atoms with van der Waals surface area (Å²) < 4.78 is 11.8. The van der Waals surface area contributed by atoms with Gasteiger partial charge < -0.3 is 20.5 Å². The van der Waals surface area contributed by atoms with Crippen LogP contribution in [0.1, 0.15) is 24.6 Å². The van der Waals surface area contributed by atoms with Crippen LogP contribution in [0.2, 0.25) is 0 Å². The maximum absolute atomic E-state index is 6.03. The lowest BCUT2D eigenvalue weighted by molar-refractivity contribution is 0.300. The fourth-order valence-corrected chi connectivity index (χ4v) is 2.70. The summed E-state index contributed by atoms with van der Waals surface area (Å²) in [6.07, 6.45) is 5.16. The van der Waals surface area contributed by atoms with Crippen LogP contribution in [0, 0.1) is 0 Å². The van der Waals surface area contributed by atoms with Crippen LogP contribution in [0.25, 0.3) is 0 Å². The van der Waals surface area contributed by atoms with Gasteiger partial charge in [-0.25, -0.2) is 9.98 Å². The molecule has 3 aromatic rings. The maximum Gasteiger partial charge on any atom is 0.224 e. The fourth-order valence-electron chi connectivity index (χ4n) is 2.70. The Labute approximate surface area is 200 Å². The van der Waals surface area contributed by atoms with E-state index >= 15 is 0 Å². The van der Waals surface area contributed by atoms with E-state index in [1.54, 1.807) is 12.4 Å². The molecule has 7 nitrogen and oxygen atoms in total. The van der Waals surface area contributed by atoms with E-state index in [9.17, 15) is 0 Å². The molecule has 164 valence electrons. The minimum absolute atomic E-state index is 0. The van der Waals surface area contributed by atoms with Crippen molar-refractivity contribution < 1.29 is 9.47 Å². The summed E-state index contributed by atoms with van der Waals surface area (Å²) in [6.45, 7) is 3.70. The molecule has 0 aliphatic rings. The average Bonchev–Trinajstić information content (AvgIpc) is 2.78. The van der Waals surface area contributed by atoms with E-state index in [-0.39, 0.29) is 24.0 Å². The second kappa shape index (κ2) is 13.4. The van der Waals surface area contributed by atoms with Gasteiger partial charge >= 0.3 is 0 Å². The van der Waals surface area contributed by atoms with Crippen molar-refractivity contribution in [3.05, 3.63) is 78.2 Å². The van der Waals surface area contributed by atoms with Crippen LogP contribution in [0.5, 0.6) is 17.4 Å². The molecule has 0 radical (unpaired) electrons. The molecule has 0 atom stereocenters. The number of aromatic nitrogens is 2. The number of nitrogens with one attached hydrogen (secondary N) is 1. The number of aliphatic imine (C=N–C) groups is 1. The highest BCUT2D eigenvalue weighted by molar-refractivity contribution is 14.0. The van der Waals surface area contributed by atoms with Crippen molar-refractivity contribution in [3.63, 3.8) is 0 Å². The van der Waals surface area contributed by atoms with Crippen LogP contribution in [0.3, 0.4) is 0 Å². The molecule has 8 heteroatoms. The van der Waals surface area contributed by atoms with Gasteiger partial charge in [0.1, 0.15) is 0 Å². The number of nitrogens with zero attached hydrogens (tertiary/aromatic N) is 3. The first-order valence-corrected chi connectivity index (χ1v) is 10.0. The third-order valence-electron chi connectivity index (χ3n) is 4.20. The van der Waals surface area contributed by atoms with Crippen LogP contribution >= 0.6 is 24.0 Å². The Kier molecular flexibility index (Phi) is 10.6. The van der Waals surface area contributed by atoms with Gasteiger partial charge in [-0.15, -0.1) is 24.0 Å². The summed E-state index contributed by atoms with van der Waals surface area (Å²) in [5.74, 6) is 2.16. The molecule has 0 fully saturated rings. The number of halogens is 1. The van der Waals surface area contributed by atoms with E-state index < -0.39 is 0 Å². The number of para-hydroxylation sites is 2. The molecular weight excluding hydrogens is 505 g/mol. The Morgan fingerprint density at radius 2 is 1.77 bits per heavy atom. The van der Waals surface area contributed by atoms with E-state index in [1.165, 1.54) is 0 Å². The highest BCUT2D eigenvalue weighted by atomic mass is 127. The molecule has 0 amide bonds. The van der Waals surface area contributed by atoms with Gasteiger partial charge in [-0.1, -0.05) is 31.2 Å². The topological polar surface area (TPSA) is 94.7 Å². The molecule has 3 N–H and O–H groups in total. The van der Waals surface area contributed by atoms with Gasteiger partial charge in [0.15, 0.2) is 17.5 Å². The summed E-state index contributed by atoms with van der Waals surface area (Å²) in [4.78, 5) is 13.1. The van der Waals surface area contributed by atoms with E-state index in [1.807, 2.05) is 54.6 Å². The van der Waals surface area contributed by atoms with Gasteiger partial charge in [0.2, 0.25) is 5.88 Å². The van der Waals surface area contributed by atoms with Crippen molar-refractivity contribution in [3.8, 4) is 17.4 Å². The summed E-state index contributed by atoms with van der Waals surface area (Å²) in [5.41, 5.74) is 7.84. The second-order valence-corrected chi connectivity index (χ2v) is 6.56. The van der Waals surface area contributed by atoms with Crippen molar-refractivity contribution in [2.24, 2.45) is 10.7 Å². The zero-order chi connectivity index (χ0) is 21.0. The zero-order valence-electron chi connectivity index (χ0n) is 17.5. The van der Waals surface area contributed by atoms with Crippen LogP contribution in [0.15, 0.2) is 72.0 Å². The first-order valence-electron chi connectivity index (χ1n) is 10.0. The molecule has 0 bridgehead atoms. The Bertz CT molecular complexity index is 953. The predicted octanol–water partition coefficient (Wildman–Crippen LogP) is 4.32. The Morgan fingerprint density at radius 1 is 1.00 bits per heavy atom. The minimum Gasteiger partial charge on any atom is -0.490 e. The summed E-state index contributed by atoms with van der Waals surface area (Å²) in [5, 5.41) is 3.11.